The molecule has 2 aromatic rings. The fourth-order valence-corrected chi connectivity index (χ4v) is 8.71. The summed E-state index contributed by atoms with van der Waals surface area (Å²) in [4.78, 5) is 0. The molecule has 2 aromatic carbocycles. The van der Waals surface area contributed by atoms with Gasteiger partial charge in [-0.2, -0.15) is 4.39 Å². The smallest absolute Gasteiger partial charge is 0.201 e. The molecule has 1 aliphatic heterocycles. The maximum Gasteiger partial charge on any atom is 0.201 e. The van der Waals surface area contributed by atoms with E-state index in [2.05, 4.69) is 42.6 Å². The van der Waals surface area contributed by atoms with Crippen molar-refractivity contribution in [2.75, 3.05) is 18.1 Å². The summed E-state index contributed by atoms with van der Waals surface area (Å²) in [6.45, 7) is 3.89. The SMILES string of the molecule is CC=CCCC1SCC(C2CCC(c3ccc(-c4ccc(OCC)c(F)c4F)c(F)c3F)CC2)CS1. The Hall–Kier alpha value is -1.60. The molecule has 1 aliphatic carbocycles. The first-order chi connectivity index (χ1) is 17.4. The maximum atomic E-state index is 15.2. The number of allylic oxidation sites excluding steroid dienone is 2. The van der Waals surface area contributed by atoms with Gasteiger partial charge < -0.3 is 4.74 Å². The number of halogens is 4. The number of hydrogen-bond donors (Lipinski definition) is 0. The quantitative estimate of drug-likeness (QED) is 0.245. The predicted octanol–water partition coefficient (Wildman–Crippen LogP) is 9.36. The minimum absolute atomic E-state index is 0.0517. The first-order valence-electron chi connectivity index (χ1n) is 12.9. The molecule has 0 aromatic heterocycles. The van der Waals surface area contributed by atoms with Gasteiger partial charge in [-0.3, -0.25) is 0 Å². The van der Waals surface area contributed by atoms with Gasteiger partial charge in [-0.25, -0.2) is 13.2 Å². The Morgan fingerprint density at radius 2 is 1.47 bits per heavy atom. The van der Waals surface area contributed by atoms with Gasteiger partial charge in [0.2, 0.25) is 5.82 Å². The number of rotatable bonds is 8. The monoisotopic (exact) mass is 538 g/mol. The van der Waals surface area contributed by atoms with E-state index in [1.807, 2.05) is 0 Å². The van der Waals surface area contributed by atoms with Crippen LogP contribution in [0.4, 0.5) is 17.6 Å². The van der Waals surface area contributed by atoms with Crippen molar-refractivity contribution in [2.24, 2.45) is 11.8 Å². The zero-order valence-electron chi connectivity index (χ0n) is 20.9. The highest BCUT2D eigenvalue weighted by Crippen LogP contribution is 2.46. The van der Waals surface area contributed by atoms with E-state index >= 15 is 8.78 Å². The van der Waals surface area contributed by atoms with Crippen molar-refractivity contribution in [2.45, 2.75) is 62.9 Å². The summed E-state index contributed by atoms with van der Waals surface area (Å²) in [5, 5.41) is 0. The molecule has 0 bridgehead atoms. The summed E-state index contributed by atoms with van der Waals surface area (Å²) in [6, 6.07) is 5.40. The second-order valence-electron chi connectivity index (χ2n) is 9.62. The molecule has 0 unspecified atom stereocenters. The van der Waals surface area contributed by atoms with Crippen LogP contribution in [-0.4, -0.2) is 22.7 Å². The van der Waals surface area contributed by atoms with Crippen LogP contribution in [0.25, 0.3) is 11.1 Å². The van der Waals surface area contributed by atoms with Crippen LogP contribution in [-0.2, 0) is 0 Å². The summed E-state index contributed by atoms with van der Waals surface area (Å²) in [7, 11) is 0. The summed E-state index contributed by atoms with van der Waals surface area (Å²) < 4.78 is 64.9. The lowest BCUT2D eigenvalue weighted by atomic mass is 9.74. The van der Waals surface area contributed by atoms with Crippen molar-refractivity contribution < 1.29 is 22.3 Å². The molecule has 0 radical (unpaired) electrons. The first kappa shape index (κ1) is 27.4. The molecule has 36 heavy (non-hydrogen) atoms. The highest BCUT2D eigenvalue weighted by atomic mass is 32.2. The van der Waals surface area contributed by atoms with Crippen molar-refractivity contribution in [1.82, 2.24) is 0 Å². The van der Waals surface area contributed by atoms with E-state index in [0.717, 1.165) is 32.1 Å². The summed E-state index contributed by atoms with van der Waals surface area (Å²) in [5.41, 5.74) is -0.235. The van der Waals surface area contributed by atoms with Crippen molar-refractivity contribution in [3.63, 3.8) is 0 Å². The van der Waals surface area contributed by atoms with E-state index in [1.165, 1.54) is 36.1 Å². The van der Waals surface area contributed by atoms with Crippen LogP contribution in [0, 0.1) is 35.1 Å². The van der Waals surface area contributed by atoms with Gasteiger partial charge in [0.05, 0.1) is 11.2 Å². The zero-order chi connectivity index (χ0) is 25.7. The van der Waals surface area contributed by atoms with Crippen molar-refractivity contribution in [3.8, 4) is 16.9 Å². The van der Waals surface area contributed by atoms with E-state index < -0.39 is 23.3 Å². The van der Waals surface area contributed by atoms with Gasteiger partial charge in [-0.1, -0.05) is 24.3 Å². The number of benzene rings is 2. The van der Waals surface area contributed by atoms with Crippen LogP contribution in [0.1, 0.15) is 63.9 Å². The second-order valence-corrected chi connectivity index (χ2v) is 12.4. The Morgan fingerprint density at radius 3 is 2.11 bits per heavy atom. The van der Waals surface area contributed by atoms with Crippen LogP contribution in [0.5, 0.6) is 5.75 Å². The van der Waals surface area contributed by atoms with Crippen LogP contribution in [0.2, 0.25) is 0 Å². The average molecular weight is 539 g/mol. The number of ether oxygens (including phenoxy) is 1. The minimum atomic E-state index is -1.24. The lowest BCUT2D eigenvalue weighted by molar-refractivity contribution is 0.261. The van der Waals surface area contributed by atoms with E-state index in [-0.39, 0.29) is 29.4 Å². The average Bonchev–Trinajstić information content (AvgIpc) is 2.90. The highest BCUT2D eigenvalue weighted by Gasteiger charge is 2.33. The lowest BCUT2D eigenvalue weighted by Gasteiger charge is -2.37. The molecular formula is C29H34F4OS2. The molecule has 4 rings (SSSR count). The van der Waals surface area contributed by atoms with E-state index in [0.29, 0.717) is 22.0 Å². The maximum absolute atomic E-state index is 15.2. The van der Waals surface area contributed by atoms with Gasteiger partial charge in [-0.05, 0) is 99.3 Å². The predicted molar refractivity (Wildman–Crippen MR) is 144 cm³/mol. The fraction of sp³-hybridized carbons (Fsp3) is 0.517. The van der Waals surface area contributed by atoms with Gasteiger partial charge in [-0.15, -0.1) is 23.5 Å². The van der Waals surface area contributed by atoms with Crippen molar-refractivity contribution in [3.05, 3.63) is 65.2 Å². The Kier molecular flexibility index (Phi) is 9.73. The lowest BCUT2D eigenvalue weighted by Crippen LogP contribution is -2.28. The van der Waals surface area contributed by atoms with Gasteiger partial charge in [0.25, 0.3) is 0 Å². The second kappa shape index (κ2) is 12.8. The molecule has 0 atom stereocenters. The Labute approximate surface area is 220 Å². The molecule has 7 heteroatoms. The van der Waals surface area contributed by atoms with Gasteiger partial charge in [0.15, 0.2) is 23.2 Å². The summed E-state index contributed by atoms with van der Waals surface area (Å²) >= 11 is 4.15. The summed E-state index contributed by atoms with van der Waals surface area (Å²) in [6.07, 6.45) is 10.4. The molecule has 1 nitrogen and oxygen atoms in total. The Bertz CT molecular complexity index is 1060. The van der Waals surface area contributed by atoms with E-state index in [1.54, 1.807) is 13.0 Å². The van der Waals surface area contributed by atoms with Crippen molar-refractivity contribution in [1.29, 1.82) is 0 Å². The minimum Gasteiger partial charge on any atom is -0.491 e. The van der Waals surface area contributed by atoms with Gasteiger partial charge >= 0.3 is 0 Å². The van der Waals surface area contributed by atoms with Gasteiger partial charge in [0.1, 0.15) is 0 Å². The zero-order valence-corrected chi connectivity index (χ0v) is 22.5. The molecule has 0 spiro atoms. The molecule has 2 fully saturated rings. The third-order valence-corrected chi connectivity index (χ3v) is 10.7. The topological polar surface area (TPSA) is 9.23 Å². The largest absolute Gasteiger partial charge is 0.491 e. The van der Waals surface area contributed by atoms with E-state index in [9.17, 15) is 8.78 Å². The fourth-order valence-electron chi connectivity index (χ4n) is 5.39. The van der Waals surface area contributed by atoms with Crippen LogP contribution in [0.3, 0.4) is 0 Å². The van der Waals surface area contributed by atoms with Crippen molar-refractivity contribution >= 4 is 23.5 Å². The Morgan fingerprint density at radius 1 is 0.833 bits per heavy atom. The normalized spacial score (nSPS) is 24.8. The van der Waals surface area contributed by atoms with Crippen LogP contribution in [0.15, 0.2) is 36.4 Å². The molecule has 1 saturated heterocycles. The third kappa shape index (κ3) is 6.09. The third-order valence-electron chi connectivity index (χ3n) is 7.42. The number of hydrogen-bond acceptors (Lipinski definition) is 3. The number of thioether (sulfide) groups is 2. The molecule has 2 aliphatic rings. The molecule has 1 saturated carbocycles. The molecular weight excluding hydrogens is 504 g/mol. The standard InChI is InChI=1S/C29H34F4OS2/c1-3-5-6-7-25-35-16-20(17-36-25)18-8-10-19(11-9-18)21-12-13-22(27(31)26(21)30)23-14-15-24(34-4-2)29(33)28(23)32/h3,5,12-15,18-20,25H,4,6-11,16-17H2,1-2H3. The van der Waals surface area contributed by atoms with E-state index in [4.69, 9.17) is 4.74 Å². The molecule has 196 valence electrons. The molecule has 0 N–H and O–H groups in total. The highest BCUT2D eigenvalue weighted by molar-refractivity contribution is 8.17. The first-order valence-corrected chi connectivity index (χ1v) is 15.0. The summed E-state index contributed by atoms with van der Waals surface area (Å²) in [5.74, 6) is -1.12. The van der Waals surface area contributed by atoms with Crippen LogP contribution < -0.4 is 4.74 Å². The van der Waals surface area contributed by atoms with Gasteiger partial charge in [0, 0.05) is 11.1 Å². The van der Waals surface area contributed by atoms with Crippen LogP contribution >= 0.6 is 23.5 Å². The Balaban J connectivity index is 1.39. The molecule has 0 amide bonds. The molecule has 1 heterocycles.